The van der Waals surface area contributed by atoms with Gasteiger partial charge in [-0.2, -0.15) is 18.3 Å². The lowest BCUT2D eigenvalue weighted by Gasteiger charge is -2.32. The molecule has 2 aromatic carbocycles. The Bertz CT molecular complexity index is 1690. The van der Waals surface area contributed by atoms with Crippen molar-refractivity contribution in [2.45, 2.75) is 58.2 Å². The largest absolute Gasteiger partial charge is 0.416 e. The van der Waals surface area contributed by atoms with E-state index in [2.05, 4.69) is 14.7 Å². The standard InChI is InChI=1S/C28H27F4N3OS.C4H11NO2S/c1-18-16-35(33-27(18)20-3-5-21(6-4-20)28(30,31)32)12-2-11-34-13-9-19(10-14-34)26-23-8-7-22(29)15-24(23)37-25(26)17-36;1-3-4-5-8(2,6)7/h3-8,15-17,19H,2,9-14H2,1H3;5H,3-4H2,1-2H3. The molecule has 0 saturated carbocycles. The first-order chi connectivity index (χ1) is 21.3. The number of nitrogens with one attached hydrogen (secondary N) is 1. The van der Waals surface area contributed by atoms with Gasteiger partial charge in [-0.05, 0) is 98.9 Å². The van der Waals surface area contributed by atoms with Crippen LogP contribution in [0.2, 0.25) is 0 Å². The lowest BCUT2D eigenvalue weighted by Crippen LogP contribution is -2.34. The van der Waals surface area contributed by atoms with Crippen LogP contribution in [0.5, 0.6) is 0 Å². The van der Waals surface area contributed by atoms with Crippen molar-refractivity contribution in [1.29, 1.82) is 0 Å². The molecule has 5 rings (SSSR count). The van der Waals surface area contributed by atoms with Gasteiger partial charge in [-0.25, -0.2) is 17.5 Å². The van der Waals surface area contributed by atoms with Crippen molar-refractivity contribution >= 4 is 37.7 Å². The van der Waals surface area contributed by atoms with E-state index >= 15 is 0 Å². The van der Waals surface area contributed by atoms with Crippen molar-refractivity contribution in [1.82, 2.24) is 19.4 Å². The number of carbonyl (C=O) groups is 1. The highest BCUT2D eigenvalue weighted by atomic mass is 32.2. The lowest BCUT2D eigenvalue weighted by atomic mass is 9.87. The van der Waals surface area contributed by atoms with Gasteiger partial charge in [-0.1, -0.05) is 25.1 Å². The molecule has 0 atom stereocenters. The normalized spacial score (nSPS) is 14.8. The number of thiophene rings is 1. The quantitative estimate of drug-likeness (QED) is 0.142. The first-order valence-electron chi connectivity index (χ1n) is 14.8. The number of piperidine rings is 1. The van der Waals surface area contributed by atoms with Crippen molar-refractivity contribution < 1.29 is 30.8 Å². The van der Waals surface area contributed by atoms with Gasteiger partial charge in [0.1, 0.15) is 5.82 Å². The molecule has 2 aromatic heterocycles. The van der Waals surface area contributed by atoms with Gasteiger partial charge in [-0.15, -0.1) is 11.3 Å². The fourth-order valence-corrected chi connectivity index (χ4v) is 7.25. The van der Waals surface area contributed by atoms with Crippen molar-refractivity contribution in [3.63, 3.8) is 0 Å². The maximum Gasteiger partial charge on any atom is 0.416 e. The number of aryl methyl sites for hydroxylation is 2. The number of nitrogens with zero attached hydrogens (tertiary/aromatic N) is 3. The number of halogens is 4. The van der Waals surface area contributed by atoms with E-state index in [0.29, 0.717) is 22.7 Å². The highest BCUT2D eigenvalue weighted by molar-refractivity contribution is 7.88. The van der Waals surface area contributed by atoms with E-state index in [9.17, 15) is 30.8 Å². The van der Waals surface area contributed by atoms with Crippen LogP contribution in [0.1, 0.15) is 64.9 Å². The lowest BCUT2D eigenvalue weighted by molar-refractivity contribution is -0.137. The molecule has 0 aliphatic carbocycles. The predicted octanol–water partition coefficient (Wildman–Crippen LogP) is 7.26. The van der Waals surface area contributed by atoms with Gasteiger partial charge < -0.3 is 4.90 Å². The Labute approximate surface area is 265 Å². The number of rotatable bonds is 10. The molecule has 45 heavy (non-hydrogen) atoms. The van der Waals surface area contributed by atoms with E-state index < -0.39 is 21.8 Å². The molecule has 0 bridgehead atoms. The van der Waals surface area contributed by atoms with Gasteiger partial charge in [-0.3, -0.25) is 9.48 Å². The molecule has 13 heteroatoms. The summed E-state index contributed by atoms with van der Waals surface area (Å²) in [6, 6.07) is 9.87. The van der Waals surface area contributed by atoms with Crippen molar-refractivity contribution in [3.05, 3.63) is 76.0 Å². The van der Waals surface area contributed by atoms with E-state index in [0.717, 1.165) is 97.8 Å². The number of likely N-dealkylation sites (tertiary alicyclic amines) is 1. The van der Waals surface area contributed by atoms with E-state index in [1.54, 1.807) is 6.07 Å². The number of carbonyl (C=O) groups excluding carboxylic acids is 1. The SMILES string of the molecule is CCCNS(C)(=O)=O.Cc1cn(CCCN2CCC(c3c(C=O)sc4cc(F)ccc34)CC2)nc1-c1ccc(C(F)(F)F)cc1. The Morgan fingerprint density at radius 1 is 1.09 bits per heavy atom. The molecule has 244 valence electrons. The smallest absolute Gasteiger partial charge is 0.303 e. The van der Waals surface area contributed by atoms with Gasteiger partial charge in [0.05, 0.1) is 22.4 Å². The summed E-state index contributed by atoms with van der Waals surface area (Å²) in [4.78, 5) is 14.8. The minimum atomic E-state index is -4.35. The molecule has 0 unspecified atom stereocenters. The summed E-state index contributed by atoms with van der Waals surface area (Å²) in [5, 5.41) is 5.60. The van der Waals surface area contributed by atoms with Gasteiger partial charge in [0.15, 0.2) is 6.29 Å². The highest BCUT2D eigenvalue weighted by Gasteiger charge is 2.30. The van der Waals surface area contributed by atoms with Crippen LogP contribution in [0.3, 0.4) is 0 Å². The molecule has 0 spiro atoms. The van der Waals surface area contributed by atoms with Crippen molar-refractivity contribution in [3.8, 4) is 11.3 Å². The molecule has 1 aliphatic heterocycles. The van der Waals surface area contributed by atoms with Gasteiger partial charge >= 0.3 is 6.18 Å². The molecule has 1 saturated heterocycles. The third kappa shape index (κ3) is 9.44. The van der Waals surface area contributed by atoms with Gasteiger partial charge in [0.25, 0.3) is 0 Å². The number of benzene rings is 2. The second-order valence-corrected chi connectivity index (χ2v) is 14.2. The minimum Gasteiger partial charge on any atom is -0.303 e. The van der Waals surface area contributed by atoms with Crippen LogP contribution in [-0.2, 0) is 22.7 Å². The Kier molecular flexibility index (Phi) is 11.6. The van der Waals surface area contributed by atoms with Crippen molar-refractivity contribution in [2.75, 3.05) is 32.4 Å². The van der Waals surface area contributed by atoms with Crippen LogP contribution in [0.4, 0.5) is 17.6 Å². The Balaban J connectivity index is 0.000000510. The maximum atomic E-state index is 13.6. The summed E-state index contributed by atoms with van der Waals surface area (Å²) in [7, 11) is -2.94. The van der Waals surface area contributed by atoms with Crippen LogP contribution < -0.4 is 4.72 Å². The summed E-state index contributed by atoms with van der Waals surface area (Å²) in [6.07, 6.45) is 3.27. The second-order valence-electron chi connectivity index (χ2n) is 11.3. The van der Waals surface area contributed by atoms with Crippen LogP contribution in [0.25, 0.3) is 21.3 Å². The fourth-order valence-electron chi connectivity index (χ4n) is 5.54. The summed E-state index contributed by atoms with van der Waals surface area (Å²) in [6.45, 7) is 7.86. The molecule has 1 aliphatic rings. The maximum absolute atomic E-state index is 13.6. The number of hydrogen-bond acceptors (Lipinski definition) is 6. The van der Waals surface area contributed by atoms with Crippen LogP contribution in [0, 0.1) is 12.7 Å². The zero-order valence-electron chi connectivity index (χ0n) is 25.5. The average molecular weight is 667 g/mol. The third-order valence-electron chi connectivity index (χ3n) is 7.73. The molecule has 0 amide bonds. The molecule has 1 fully saturated rings. The molecule has 1 N–H and O–H groups in total. The number of alkyl halides is 3. The first-order valence-corrected chi connectivity index (χ1v) is 17.6. The Hall–Kier alpha value is -3.13. The Morgan fingerprint density at radius 2 is 1.78 bits per heavy atom. The summed E-state index contributed by atoms with van der Waals surface area (Å²) in [5.41, 5.74) is 2.69. The second kappa shape index (κ2) is 15.0. The monoisotopic (exact) mass is 666 g/mol. The summed E-state index contributed by atoms with van der Waals surface area (Å²) in [5.74, 6) is 0.00198. The van der Waals surface area contributed by atoms with Crippen LogP contribution >= 0.6 is 11.3 Å². The number of aldehydes is 1. The van der Waals surface area contributed by atoms with E-state index in [4.69, 9.17) is 0 Å². The van der Waals surface area contributed by atoms with E-state index in [1.165, 1.54) is 35.6 Å². The average Bonchev–Trinajstić information content (AvgIpc) is 3.55. The van der Waals surface area contributed by atoms with Gasteiger partial charge in [0.2, 0.25) is 10.0 Å². The molecule has 0 radical (unpaired) electrons. The molecular formula is C32H38F4N4O3S2. The molecular weight excluding hydrogens is 629 g/mol. The highest BCUT2D eigenvalue weighted by Crippen LogP contribution is 2.40. The topological polar surface area (TPSA) is 84.3 Å². The fraction of sp³-hybridized carbons (Fsp3) is 0.438. The third-order valence-corrected chi connectivity index (χ3v) is 9.55. The van der Waals surface area contributed by atoms with Gasteiger partial charge in [0, 0.05) is 29.5 Å². The zero-order valence-corrected chi connectivity index (χ0v) is 27.2. The number of fused-ring (bicyclic) bond motifs is 1. The van der Waals surface area contributed by atoms with E-state index in [1.807, 2.05) is 24.7 Å². The van der Waals surface area contributed by atoms with Crippen LogP contribution in [-0.4, -0.2) is 61.8 Å². The molecule has 3 heterocycles. The summed E-state index contributed by atoms with van der Waals surface area (Å²) >= 11 is 1.37. The zero-order chi connectivity index (χ0) is 32.8. The summed E-state index contributed by atoms with van der Waals surface area (Å²) < 4.78 is 77.8. The number of sulfonamides is 1. The number of aromatic nitrogens is 2. The number of hydrogen-bond donors (Lipinski definition) is 1. The molecule has 7 nitrogen and oxygen atoms in total. The minimum absolute atomic E-state index is 0.286. The molecule has 4 aromatic rings. The Morgan fingerprint density at radius 3 is 2.36 bits per heavy atom. The first kappa shape index (κ1) is 34.7. The van der Waals surface area contributed by atoms with E-state index in [-0.39, 0.29) is 11.7 Å². The predicted molar refractivity (Wildman–Crippen MR) is 171 cm³/mol. The van der Waals surface area contributed by atoms with Crippen molar-refractivity contribution in [2.24, 2.45) is 0 Å². The van der Waals surface area contributed by atoms with Crippen LogP contribution in [0.15, 0.2) is 48.7 Å².